The first-order chi connectivity index (χ1) is 17.2. The first kappa shape index (κ1) is 28.5. The molecule has 0 atom stereocenters. The highest BCUT2D eigenvalue weighted by Crippen LogP contribution is 2.48. The lowest BCUT2D eigenvalue weighted by molar-refractivity contribution is -0.141. The minimum atomic E-state index is -5.85. The van der Waals surface area contributed by atoms with Gasteiger partial charge in [0.25, 0.3) is 0 Å². The number of ether oxygens (including phenoxy) is 2. The summed E-state index contributed by atoms with van der Waals surface area (Å²) in [5.74, 6) is -15.5. The Labute approximate surface area is 202 Å². The number of anilines is 2. The van der Waals surface area contributed by atoms with Crippen LogP contribution in [0.3, 0.4) is 0 Å². The van der Waals surface area contributed by atoms with Crippen molar-refractivity contribution in [2.75, 3.05) is 11.5 Å². The molecule has 38 heavy (non-hydrogen) atoms. The molecule has 4 N–H and O–H groups in total. The van der Waals surface area contributed by atoms with Crippen molar-refractivity contribution in [3.05, 3.63) is 70.3 Å². The molecule has 0 saturated carbocycles. The second-order valence-corrected chi connectivity index (χ2v) is 7.31. The monoisotopic (exact) mass is 568 g/mol. The largest absolute Gasteiger partial charge is 0.456 e. The molecule has 4 nitrogen and oxygen atoms in total. The third kappa shape index (κ3) is 5.60. The Hall–Kier alpha value is -4.05. The summed E-state index contributed by atoms with van der Waals surface area (Å²) in [6.07, 6.45) is -16.7. The number of alkyl halides is 9. The summed E-state index contributed by atoms with van der Waals surface area (Å²) in [7, 11) is 0. The fraction of sp³-hybridized carbons (Fsp3) is 0.143. The third-order valence-electron chi connectivity index (χ3n) is 4.67. The van der Waals surface area contributed by atoms with E-state index in [4.69, 9.17) is 11.5 Å². The smallest absolute Gasteiger partial charge is 0.422 e. The van der Waals surface area contributed by atoms with Gasteiger partial charge in [0, 0.05) is 18.2 Å². The molecule has 0 heterocycles. The lowest BCUT2D eigenvalue weighted by Gasteiger charge is -2.20. The Morgan fingerprint density at radius 1 is 0.474 bits per heavy atom. The summed E-state index contributed by atoms with van der Waals surface area (Å²) in [5.41, 5.74) is 1.58. The Balaban J connectivity index is 2.27. The average Bonchev–Trinajstić information content (AvgIpc) is 2.74. The van der Waals surface area contributed by atoms with E-state index in [1.165, 1.54) is 0 Å². The molecule has 0 saturated heterocycles. The van der Waals surface area contributed by atoms with E-state index in [0.717, 1.165) is 0 Å². The van der Waals surface area contributed by atoms with Crippen LogP contribution >= 0.6 is 0 Å². The predicted octanol–water partition coefficient (Wildman–Crippen LogP) is 8.05. The normalized spacial score (nSPS) is 12.6. The van der Waals surface area contributed by atoms with Crippen molar-refractivity contribution in [2.24, 2.45) is 0 Å². The summed E-state index contributed by atoms with van der Waals surface area (Å²) in [6, 6.07) is -0.456. The molecular formula is C21H9F13N2O2. The maximum absolute atomic E-state index is 14.5. The van der Waals surface area contributed by atoms with Crippen molar-refractivity contribution in [3.63, 3.8) is 0 Å². The van der Waals surface area contributed by atoms with E-state index in [1.807, 2.05) is 0 Å². The van der Waals surface area contributed by atoms with Gasteiger partial charge in [-0.05, 0) is 12.1 Å². The van der Waals surface area contributed by atoms with Gasteiger partial charge in [0.1, 0.15) is 45.6 Å². The molecule has 0 bridgehead atoms. The summed E-state index contributed by atoms with van der Waals surface area (Å²) >= 11 is 0. The molecule has 17 heteroatoms. The van der Waals surface area contributed by atoms with Crippen molar-refractivity contribution in [3.8, 4) is 23.0 Å². The molecule has 3 rings (SSSR count). The van der Waals surface area contributed by atoms with Crippen LogP contribution in [0.5, 0.6) is 23.0 Å². The highest BCUT2D eigenvalue weighted by atomic mass is 19.4. The van der Waals surface area contributed by atoms with Crippen LogP contribution < -0.4 is 20.9 Å². The van der Waals surface area contributed by atoms with Gasteiger partial charge in [0.15, 0.2) is 11.6 Å². The van der Waals surface area contributed by atoms with Crippen LogP contribution in [-0.2, 0) is 18.5 Å². The van der Waals surface area contributed by atoms with E-state index in [0.29, 0.717) is 0 Å². The number of hydrogen-bond acceptors (Lipinski definition) is 4. The second-order valence-electron chi connectivity index (χ2n) is 7.31. The van der Waals surface area contributed by atoms with Crippen LogP contribution in [0.2, 0.25) is 0 Å². The maximum Gasteiger partial charge on any atom is 0.422 e. The van der Waals surface area contributed by atoms with Gasteiger partial charge in [-0.2, -0.15) is 43.9 Å². The van der Waals surface area contributed by atoms with E-state index in [-0.39, 0.29) is 30.3 Å². The minimum absolute atomic E-state index is 0.0858. The SMILES string of the molecule is Nc1cc(Oc2cc(Oc3cc(N)c(F)cc3C(F)(F)F)c(C(F)(F)F)c(F)c2F)c(C(F)(F)F)cc1F. The number of nitrogen functional groups attached to an aromatic ring is 2. The molecule has 0 spiro atoms. The first-order valence-electron chi connectivity index (χ1n) is 9.49. The Bertz CT molecular complexity index is 1400. The zero-order valence-electron chi connectivity index (χ0n) is 17.8. The molecular weight excluding hydrogens is 559 g/mol. The van der Waals surface area contributed by atoms with E-state index >= 15 is 0 Å². The number of halogens is 13. The van der Waals surface area contributed by atoms with E-state index in [9.17, 15) is 57.1 Å². The van der Waals surface area contributed by atoms with Gasteiger partial charge in [-0.15, -0.1) is 0 Å². The number of benzene rings is 3. The number of nitrogens with two attached hydrogens (primary N) is 2. The maximum atomic E-state index is 14.5. The Morgan fingerprint density at radius 3 is 1.24 bits per heavy atom. The van der Waals surface area contributed by atoms with E-state index < -0.39 is 92.9 Å². The van der Waals surface area contributed by atoms with Crippen molar-refractivity contribution in [1.82, 2.24) is 0 Å². The summed E-state index contributed by atoms with van der Waals surface area (Å²) < 4.78 is 186. The molecule has 0 aliphatic carbocycles. The summed E-state index contributed by atoms with van der Waals surface area (Å²) in [5, 5.41) is 0. The third-order valence-corrected chi connectivity index (χ3v) is 4.67. The topological polar surface area (TPSA) is 70.5 Å². The molecule has 0 aromatic heterocycles. The first-order valence-corrected chi connectivity index (χ1v) is 9.49. The fourth-order valence-corrected chi connectivity index (χ4v) is 2.99. The summed E-state index contributed by atoms with van der Waals surface area (Å²) in [6.45, 7) is 0. The number of rotatable bonds is 4. The lowest BCUT2D eigenvalue weighted by atomic mass is 10.1. The molecule has 0 fully saturated rings. The van der Waals surface area contributed by atoms with Gasteiger partial charge in [-0.1, -0.05) is 0 Å². The molecule has 0 unspecified atom stereocenters. The lowest BCUT2D eigenvalue weighted by Crippen LogP contribution is -2.14. The van der Waals surface area contributed by atoms with Gasteiger partial charge in [-0.3, -0.25) is 0 Å². The van der Waals surface area contributed by atoms with Crippen LogP contribution in [0, 0.1) is 23.3 Å². The number of hydrogen-bond donors (Lipinski definition) is 2. The fourth-order valence-electron chi connectivity index (χ4n) is 2.99. The predicted molar refractivity (Wildman–Crippen MR) is 103 cm³/mol. The van der Waals surface area contributed by atoms with Crippen molar-refractivity contribution in [1.29, 1.82) is 0 Å². The van der Waals surface area contributed by atoms with Crippen LogP contribution in [0.1, 0.15) is 16.7 Å². The van der Waals surface area contributed by atoms with E-state index in [1.54, 1.807) is 0 Å². The Morgan fingerprint density at radius 2 is 0.868 bits per heavy atom. The van der Waals surface area contributed by atoms with Gasteiger partial charge in [0.05, 0.1) is 11.4 Å². The quantitative estimate of drug-likeness (QED) is 0.247. The van der Waals surface area contributed by atoms with Gasteiger partial charge >= 0.3 is 18.5 Å². The average molecular weight is 568 g/mol. The molecule has 3 aromatic carbocycles. The van der Waals surface area contributed by atoms with Gasteiger partial charge < -0.3 is 20.9 Å². The molecule has 3 aromatic rings. The van der Waals surface area contributed by atoms with Gasteiger partial charge in [0.2, 0.25) is 5.82 Å². The zero-order valence-corrected chi connectivity index (χ0v) is 17.8. The Kier molecular flexibility index (Phi) is 7.02. The highest BCUT2D eigenvalue weighted by molar-refractivity contribution is 5.56. The van der Waals surface area contributed by atoms with Gasteiger partial charge in [-0.25, -0.2) is 13.2 Å². The van der Waals surface area contributed by atoms with E-state index in [2.05, 4.69) is 9.47 Å². The zero-order chi connectivity index (χ0) is 29.0. The van der Waals surface area contributed by atoms with Crippen LogP contribution in [-0.4, -0.2) is 0 Å². The van der Waals surface area contributed by atoms with Crippen LogP contribution in [0.15, 0.2) is 30.3 Å². The molecule has 0 amide bonds. The minimum Gasteiger partial charge on any atom is -0.456 e. The standard InChI is InChI=1S/C21H9F13N2O2/c22-8-1-6(19(26,27)28)12(3-10(8)35)37-14-5-15(17(24)18(25)16(14)21(32,33)34)38-13-4-11(36)9(23)2-7(13)20(29,30)31/h1-5H,35-36H2. The molecule has 0 aliphatic heterocycles. The molecule has 206 valence electrons. The van der Waals surface area contributed by atoms with Crippen LogP contribution in [0.25, 0.3) is 0 Å². The van der Waals surface area contributed by atoms with Crippen LogP contribution in [0.4, 0.5) is 68.5 Å². The summed E-state index contributed by atoms with van der Waals surface area (Å²) in [4.78, 5) is 0. The van der Waals surface area contributed by atoms with Crippen molar-refractivity contribution < 1.29 is 66.5 Å². The molecule has 0 radical (unpaired) electrons. The second kappa shape index (κ2) is 9.36. The highest BCUT2D eigenvalue weighted by Gasteiger charge is 2.43. The van der Waals surface area contributed by atoms with Crippen molar-refractivity contribution >= 4 is 11.4 Å². The van der Waals surface area contributed by atoms with Crippen molar-refractivity contribution in [2.45, 2.75) is 18.5 Å². The molecule has 0 aliphatic rings.